The molecule has 1 aliphatic heterocycles. The number of ether oxygens (including phenoxy) is 1. The zero-order chi connectivity index (χ0) is 26.0. The Balaban J connectivity index is 1.52. The molecule has 5 rings (SSSR count). The molecule has 0 fully saturated rings. The van der Waals surface area contributed by atoms with Crippen LogP contribution in [-0.4, -0.2) is 33.4 Å². The first-order chi connectivity index (χ1) is 17.9. The van der Waals surface area contributed by atoms with Crippen LogP contribution in [0, 0.1) is 0 Å². The number of furan rings is 1. The lowest BCUT2D eigenvalue weighted by Gasteiger charge is -2.44. The molecule has 0 saturated heterocycles. The standard InChI is InChI=1S/C29H28ClN3O4/c1-3-36-25-8-5-4-7-21(25)18-33-27(34)24-15-14-23(26-9-6-16-37-26)32(24)19-29(33,2)28(35)31-17-20-10-12-22(30)13-11-20/h4-16H,3,17-19H2,1-2H3,(H,31,35)/t29-/m0/s1. The normalized spacial score (nSPS) is 16.9. The number of nitrogens with zero attached hydrogens (tertiary/aromatic N) is 2. The summed E-state index contributed by atoms with van der Waals surface area (Å²) in [6, 6.07) is 22.2. The third kappa shape index (κ3) is 4.74. The van der Waals surface area contributed by atoms with E-state index in [1.54, 1.807) is 42.4 Å². The Morgan fingerprint density at radius 3 is 2.54 bits per heavy atom. The number of rotatable bonds is 8. The number of carbonyl (C=O) groups excluding carboxylic acids is 2. The van der Waals surface area contributed by atoms with Gasteiger partial charge in [0.15, 0.2) is 0 Å². The lowest BCUT2D eigenvalue weighted by atomic mass is 9.93. The summed E-state index contributed by atoms with van der Waals surface area (Å²) in [7, 11) is 0. The Kier molecular flexibility index (Phi) is 6.80. The predicted octanol–water partition coefficient (Wildman–Crippen LogP) is 5.53. The van der Waals surface area contributed by atoms with E-state index in [9.17, 15) is 9.59 Å². The first-order valence-electron chi connectivity index (χ1n) is 12.2. The van der Waals surface area contributed by atoms with E-state index >= 15 is 0 Å². The number of aromatic nitrogens is 1. The number of hydrogen-bond donors (Lipinski definition) is 1. The van der Waals surface area contributed by atoms with Crippen LogP contribution in [0.1, 0.15) is 35.5 Å². The summed E-state index contributed by atoms with van der Waals surface area (Å²) in [5.41, 5.74) is 1.81. The lowest BCUT2D eigenvalue weighted by Crippen LogP contribution is -2.63. The van der Waals surface area contributed by atoms with Gasteiger partial charge in [-0.05, 0) is 61.9 Å². The van der Waals surface area contributed by atoms with Gasteiger partial charge in [0.05, 0.1) is 31.7 Å². The highest BCUT2D eigenvalue weighted by Crippen LogP contribution is 2.35. The molecular formula is C29H28ClN3O4. The van der Waals surface area contributed by atoms with Crippen molar-refractivity contribution >= 4 is 23.4 Å². The molecule has 4 aromatic rings. The monoisotopic (exact) mass is 517 g/mol. The molecule has 1 aliphatic rings. The fourth-order valence-electron chi connectivity index (χ4n) is 4.74. The van der Waals surface area contributed by atoms with E-state index in [1.165, 1.54) is 0 Å². The van der Waals surface area contributed by atoms with Gasteiger partial charge in [-0.3, -0.25) is 9.59 Å². The summed E-state index contributed by atoms with van der Waals surface area (Å²) < 4.78 is 13.3. The predicted molar refractivity (Wildman–Crippen MR) is 141 cm³/mol. The maximum absolute atomic E-state index is 13.9. The van der Waals surface area contributed by atoms with Crippen molar-refractivity contribution in [3.05, 3.63) is 101 Å². The Morgan fingerprint density at radius 2 is 1.81 bits per heavy atom. The van der Waals surface area contributed by atoms with Crippen LogP contribution in [-0.2, 0) is 24.4 Å². The molecule has 37 heavy (non-hydrogen) atoms. The maximum Gasteiger partial charge on any atom is 0.271 e. The van der Waals surface area contributed by atoms with Gasteiger partial charge < -0.3 is 23.9 Å². The summed E-state index contributed by atoms with van der Waals surface area (Å²) in [6.07, 6.45) is 1.59. The number of carbonyl (C=O) groups is 2. The fourth-order valence-corrected chi connectivity index (χ4v) is 4.86. The Morgan fingerprint density at radius 1 is 1.05 bits per heavy atom. The van der Waals surface area contributed by atoms with Crippen molar-refractivity contribution in [2.75, 3.05) is 6.61 Å². The molecule has 8 heteroatoms. The number of fused-ring (bicyclic) bond motifs is 1. The smallest absolute Gasteiger partial charge is 0.271 e. The summed E-state index contributed by atoms with van der Waals surface area (Å²) >= 11 is 6.01. The van der Waals surface area contributed by atoms with E-state index in [4.69, 9.17) is 20.8 Å². The molecule has 2 aromatic carbocycles. The second-order valence-electron chi connectivity index (χ2n) is 9.18. The molecule has 1 atom stereocenters. The molecular weight excluding hydrogens is 490 g/mol. The molecule has 7 nitrogen and oxygen atoms in total. The highest BCUT2D eigenvalue weighted by atomic mass is 35.5. The van der Waals surface area contributed by atoms with E-state index in [1.807, 2.05) is 60.0 Å². The van der Waals surface area contributed by atoms with E-state index in [-0.39, 0.29) is 24.9 Å². The minimum absolute atomic E-state index is 0.223. The van der Waals surface area contributed by atoms with Crippen molar-refractivity contribution in [1.82, 2.24) is 14.8 Å². The second-order valence-corrected chi connectivity index (χ2v) is 9.62. The second kappa shape index (κ2) is 10.2. The Labute approximate surface area is 220 Å². The quantitative estimate of drug-likeness (QED) is 0.333. The molecule has 0 bridgehead atoms. The van der Waals surface area contributed by atoms with Gasteiger partial charge in [0.2, 0.25) is 5.91 Å². The van der Waals surface area contributed by atoms with Gasteiger partial charge in [-0.25, -0.2) is 0 Å². The third-order valence-corrected chi connectivity index (χ3v) is 6.99. The van der Waals surface area contributed by atoms with Crippen LogP contribution in [0.5, 0.6) is 5.75 Å². The van der Waals surface area contributed by atoms with Crippen LogP contribution in [0.4, 0.5) is 0 Å². The summed E-state index contributed by atoms with van der Waals surface area (Å²) in [6.45, 7) is 5.02. The fraction of sp³-hybridized carbons (Fsp3) is 0.241. The molecule has 0 spiro atoms. The lowest BCUT2D eigenvalue weighted by molar-refractivity contribution is -0.133. The van der Waals surface area contributed by atoms with Crippen LogP contribution in [0.3, 0.4) is 0 Å². The molecule has 2 amide bonds. The van der Waals surface area contributed by atoms with Crippen molar-refractivity contribution in [2.45, 2.75) is 39.0 Å². The van der Waals surface area contributed by atoms with Gasteiger partial charge in [-0.15, -0.1) is 0 Å². The summed E-state index contributed by atoms with van der Waals surface area (Å²) in [5.74, 6) is 0.839. The van der Waals surface area contributed by atoms with Crippen LogP contribution in [0.25, 0.3) is 11.5 Å². The van der Waals surface area contributed by atoms with Crippen LogP contribution >= 0.6 is 11.6 Å². The number of amides is 2. The highest BCUT2D eigenvalue weighted by molar-refractivity contribution is 6.30. The molecule has 2 aromatic heterocycles. The minimum atomic E-state index is -1.18. The molecule has 0 unspecified atom stereocenters. The average Bonchev–Trinajstić information content (AvgIpc) is 3.57. The van der Waals surface area contributed by atoms with Crippen molar-refractivity contribution < 1.29 is 18.7 Å². The van der Waals surface area contributed by atoms with Crippen molar-refractivity contribution in [3.63, 3.8) is 0 Å². The first kappa shape index (κ1) is 24.7. The van der Waals surface area contributed by atoms with Crippen LogP contribution in [0.15, 0.2) is 83.5 Å². The van der Waals surface area contributed by atoms with E-state index in [2.05, 4.69) is 5.32 Å². The van der Waals surface area contributed by atoms with E-state index < -0.39 is 5.54 Å². The van der Waals surface area contributed by atoms with Gasteiger partial charge >= 0.3 is 0 Å². The van der Waals surface area contributed by atoms with E-state index in [0.29, 0.717) is 35.4 Å². The molecule has 0 saturated carbocycles. The molecule has 190 valence electrons. The summed E-state index contributed by atoms with van der Waals surface area (Å²) in [4.78, 5) is 29.4. The van der Waals surface area contributed by atoms with Crippen LogP contribution < -0.4 is 10.1 Å². The topological polar surface area (TPSA) is 76.7 Å². The van der Waals surface area contributed by atoms with Gasteiger partial charge in [-0.2, -0.15) is 0 Å². The number of halogens is 1. The minimum Gasteiger partial charge on any atom is -0.494 e. The largest absolute Gasteiger partial charge is 0.494 e. The zero-order valence-electron chi connectivity index (χ0n) is 20.7. The van der Waals surface area contributed by atoms with Gasteiger partial charge in [-0.1, -0.05) is 41.9 Å². The van der Waals surface area contributed by atoms with Gasteiger partial charge in [0.25, 0.3) is 5.91 Å². The molecule has 0 radical (unpaired) electrons. The summed E-state index contributed by atoms with van der Waals surface area (Å²) in [5, 5.41) is 3.67. The zero-order valence-corrected chi connectivity index (χ0v) is 21.5. The van der Waals surface area contributed by atoms with E-state index in [0.717, 1.165) is 16.8 Å². The Bertz CT molecular complexity index is 1410. The SMILES string of the molecule is CCOc1ccccc1CN1C(=O)c2ccc(-c3ccco3)n2C[C@@]1(C)C(=O)NCc1ccc(Cl)cc1. The highest BCUT2D eigenvalue weighted by Gasteiger charge is 2.48. The van der Waals surface area contributed by atoms with Crippen molar-refractivity contribution in [1.29, 1.82) is 0 Å². The molecule has 0 aliphatic carbocycles. The Hall–Kier alpha value is -3.97. The van der Waals surface area contributed by atoms with Crippen molar-refractivity contribution in [3.8, 4) is 17.2 Å². The third-order valence-electron chi connectivity index (χ3n) is 6.74. The first-order valence-corrected chi connectivity index (χ1v) is 12.6. The molecule has 1 N–H and O–H groups in total. The molecule has 3 heterocycles. The number of hydrogen-bond acceptors (Lipinski definition) is 4. The van der Waals surface area contributed by atoms with Crippen molar-refractivity contribution in [2.24, 2.45) is 0 Å². The number of para-hydroxylation sites is 1. The number of benzene rings is 2. The van der Waals surface area contributed by atoms with Gasteiger partial charge in [0, 0.05) is 17.1 Å². The van der Waals surface area contributed by atoms with Crippen LogP contribution in [0.2, 0.25) is 5.02 Å². The van der Waals surface area contributed by atoms with Gasteiger partial charge in [0.1, 0.15) is 22.7 Å². The average molecular weight is 518 g/mol. The number of nitrogens with one attached hydrogen (secondary N) is 1. The maximum atomic E-state index is 13.9.